The van der Waals surface area contributed by atoms with E-state index in [0.29, 0.717) is 18.3 Å². The van der Waals surface area contributed by atoms with Crippen molar-refractivity contribution in [2.45, 2.75) is 38.3 Å². The van der Waals surface area contributed by atoms with Crippen LogP contribution in [0.2, 0.25) is 0 Å². The Morgan fingerprint density at radius 2 is 1.96 bits per heavy atom. The summed E-state index contributed by atoms with van der Waals surface area (Å²) >= 11 is 0. The predicted molar refractivity (Wildman–Crippen MR) is 92.8 cm³/mol. The van der Waals surface area contributed by atoms with Crippen molar-refractivity contribution in [1.29, 1.82) is 0 Å². The van der Waals surface area contributed by atoms with Gasteiger partial charge >= 0.3 is 0 Å². The molecule has 5 heteroatoms. The van der Waals surface area contributed by atoms with E-state index in [1.54, 1.807) is 12.4 Å². The summed E-state index contributed by atoms with van der Waals surface area (Å²) in [4.78, 5) is 26.0. The number of amides is 1. The lowest BCUT2D eigenvalue weighted by atomic mass is 10.2. The molecule has 0 unspecified atom stereocenters. The van der Waals surface area contributed by atoms with Crippen molar-refractivity contribution in [3.63, 3.8) is 0 Å². The number of pyridine rings is 2. The van der Waals surface area contributed by atoms with E-state index in [1.165, 1.54) is 12.8 Å². The van der Waals surface area contributed by atoms with E-state index in [0.717, 1.165) is 37.3 Å². The number of anilines is 1. The predicted octanol–water partition coefficient (Wildman–Crippen LogP) is 2.88. The van der Waals surface area contributed by atoms with Crippen LogP contribution in [0.25, 0.3) is 0 Å². The molecular formula is C19H22N4O. The summed E-state index contributed by atoms with van der Waals surface area (Å²) in [7, 11) is 0. The molecule has 2 aromatic heterocycles. The van der Waals surface area contributed by atoms with Crippen LogP contribution in [-0.4, -0.2) is 39.9 Å². The molecule has 1 aliphatic heterocycles. The summed E-state index contributed by atoms with van der Waals surface area (Å²) in [6.07, 6.45) is 8.12. The molecule has 1 saturated carbocycles. The van der Waals surface area contributed by atoms with Crippen LogP contribution in [-0.2, 0) is 6.54 Å². The summed E-state index contributed by atoms with van der Waals surface area (Å²) in [6, 6.07) is 10.1. The maximum atomic E-state index is 13.0. The molecule has 0 spiro atoms. The third-order valence-electron chi connectivity index (χ3n) is 4.74. The Morgan fingerprint density at radius 3 is 2.67 bits per heavy atom. The van der Waals surface area contributed by atoms with Gasteiger partial charge in [-0.2, -0.15) is 0 Å². The summed E-state index contributed by atoms with van der Waals surface area (Å²) in [5.41, 5.74) is 2.58. The van der Waals surface area contributed by atoms with Gasteiger partial charge in [0.2, 0.25) is 0 Å². The summed E-state index contributed by atoms with van der Waals surface area (Å²) in [5.74, 6) is 0.0178. The van der Waals surface area contributed by atoms with Crippen molar-refractivity contribution in [2.24, 2.45) is 0 Å². The second kappa shape index (κ2) is 6.59. The lowest BCUT2D eigenvalue weighted by molar-refractivity contribution is 0.0722. The highest BCUT2D eigenvalue weighted by Gasteiger charge is 2.34. The van der Waals surface area contributed by atoms with E-state index in [-0.39, 0.29) is 5.91 Å². The van der Waals surface area contributed by atoms with Gasteiger partial charge in [0.25, 0.3) is 5.91 Å². The van der Waals surface area contributed by atoms with Crippen molar-refractivity contribution in [2.75, 3.05) is 18.0 Å². The fourth-order valence-corrected chi connectivity index (χ4v) is 3.27. The SMILES string of the molecule is O=C(c1cc(N2CCCC2)ccn1)N(Cc1ccccn1)C1CC1. The van der Waals surface area contributed by atoms with Gasteiger partial charge in [0.05, 0.1) is 12.2 Å². The van der Waals surface area contributed by atoms with Crippen molar-refractivity contribution in [1.82, 2.24) is 14.9 Å². The molecule has 0 bridgehead atoms. The van der Waals surface area contributed by atoms with Gasteiger partial charge in [0.1, 0.15) is 5.69 Å². The topological polar surface area (TPSA) is 49.3 Å². The standard InChI is InChI=1S/C19H22N4O/c24-19(18-13-17(8-10-21-18)22-11-3-4-12-22)23(16-6-7-16)14-15-5-1-2-9-20-15/h1-2,5,8-10,13,16H,3-4,6-7,11-12,14H2. The van der Waals surface area contributed by atoms with Crippen LogP contribution in [0.4, 0.5) is 5.69 Å². The normalized spacial score (nSPS) is 17.1. The Hall–Kier alpha value is -2.43. The minimum absolute atomic E-state index is 0.0178. The highest BCUT2D eigenvalue weighted by atomic mass is 16.2. The number of carbonyl (C=O) groups excluding carboxylic acids is 1. The second-order valence-corrected chi connectivity index (χ2v) is 6.58. The Labute approximate surface area is 142 Å². The van der Waals surface area contributed by atoms with Gasteiger partial charge in [-0.05, 0) is 49.9 Å². The van der Waals surface area contributed by atoms with Gasteiger partial charge in [0.15, 0.2) is 0 Å². The smallest absolute Gasteiger partial charge is 0.273 e. The number of nitrogens with zero attached hydrogens (tertiary/aromatic N) is 4. The molecule has 2 fully saturated rings. The fourth-order valence-electron chi connectivity index (χ4n) is 3.27. The second-order valence-electron chi connectivity index (χ2n) is 6.58. The first-order valence-corrected chi connectivity index (χ1v) is 8.73. The van der Waals surface area contributed by atoms with Crippen LogP contribution in [0, 0.1) is 0 Å². The molecular weight excluding hydrogens is 300 g/mol. The summed E-state index contributed by atoms with van der Waals surface area (Å²) < 4.78 is 0. The number of aromatic nitrogens is 2. The average molecular weight is 322 g/mol. The minimum Gasteiger partial charge on any atom is -0.371 e. The lowest BCUT2D eigenvalue weighted by Gasteiger charge is -2.23. The molecule has 0 aromatic carbocycles. The van der Waals surface area contributed by atoms with E-state index in [9.17, 15) is 4.79 Å². The monoisotopic (exact) mass is 322 g/mol. The molecule has 1 aliphatic carbocycles. The third-order valence-corrected chi connectivity index (χ3v) is 4.74. The zero-order chi connectivity index (χ0) is 16.4. The van der Waals surface area contributed by atoms with Crippen molar-refractivity contribution in [3.8, 4) is 0 Å². The Morgan fingerprint density at radius 1 is 1.12 bits per heavy atom. The molecule has 3 heterocycles. The van der Waals surface area contributed by atoms with Crippen LogP contribution in [0.3, 0.4) is 0 Å². The van der Waals surface area contributed by atoms with E-state index in [2.05, 4.69) is 14.9 Å². The van der Waals surface area contributed by atoms with E-state index in [4.69, 9.17) is 0 Å². The van der Waals surface area contributed by atoms with Crippen molar-refractivity contribution in [3.05, 3.63) is 54.1 Å². The van der Waals surface area contributed by atoms with Crippen molar-refractivity contribution >= 4 is 11.6 Å². The minimum atomic E-state index is 0.0178. The molecule has 1 saturated heterocycles. The van der Waals surface area contributed by atoms with Gasteiger partial charge < -0.3 is 9.80 Å². The van der Waals surface area contributed by atoms with Gasteiger partial charge in [-0.25, -0.2) is 0 Å². The zero-order valence-electron chi connectivity index (χ0n) is 13.8. The first-order chi connectivity index (χ1) is 11.8. The Kier molecular flexibility index (Phi) is 4.15. The first-order valence-electron chi connectivity index (χ1n) is 8.73. The highest BCUT2D eigenvalue weighted by Crippen LogP contribution is 2.30. The van der Waals surface area contributed by atoms with E-state index < -0.39 is 0 Å². The van der Waals surface area contributed by atoms with E-state index in [1.807, 2.05) is 35.2 Å². The number of carbonyl (C=O) groups is 1. The first kappa shape index (κ1) is 15.1. The molecule has 124 valence electrons. The maximum Gasteiger partial charge on any atom is 0.273 e. The van der Waals surface area contributed by atoms with E-state index >= 15 is 0 Å². The third kappa shape index (κ3) is 3.25. The molecule has 4 rings (SSSR count). The van der Waals surface area contributed by atoms with Crippen LogP contribution < -0.4 is 4.90 Å². The summed E-state index contributed by atoms with van der Waals surface area (Å²) in [5, 5.41) is 0. The molecule has 1 amide bonds. The average Bonchev–Trinajstić information content (AvgIpc) is 3.33. The number of hydrogen-bond acceptors (Lipinski definition) is 4. The van der Waals surface area contributed by atoms with Gasteiger partial charge in [-0.15, -0.1) is 0 Å². The Balaban J connectivity index is 1.55. The van der Waals surface area contributed by atoms with Crippen LogP contribution in [0.15, 0.2) is 42.7 Å². The lowest BCUT2D eigenvalue weighted by Crippen LogP contribution is -2.33. The van der Waals surface area contributed by atoms with Gasteiger partial charge in [0, 0.05) is 37.2 Å². The van der Waals surface area contributed by atoms with Crippen LogP contribution in [0.1, 0.15) is 41.9 Å². The zero-order valence-corrected chi connectivity index (χ0v) is 13.8. The number of rotatable bonds is 5. The summed E-state index contributed by atoms with van der Waals surface area (Å²) in [6.45, 7) is 2.69. The molecule has 0 atom stereocenters. The quantitative estimate of drug-likeness (QED) is 0.849. The molecule has 24 heavy (non-hydrogen) atoms. The fraction of sp³-hybridized carbons (Fsp3) is 0.421. The van der Waals surface area contributed by atoms with Crippen LogP contribution >= 0.6 is 0 Å². The number of hydrogen-bond donors (Lipinski definition) is 0. The van der Waals surface area contributed by atoms with Crippen LogP contribution in [0.5, 0.6) is 0 Å². The maximum absolute atomic E-state index is 13.0. The van der Waals surface area contributed by atoms with Gasteiger partial charge in [-0.3, -0.25) is 14.8 Å². The van der Waals surface area contributed by atoms with Gasteiger partial charge in [-0.1, -0.05) is 6.07 Å². The molecule has 0 N–H and O–H groups in total. The highest BCUT2D eigenvalue weighted by molar-refractivity contribution is 5.93. The van der Waals surface area contributed by atoms with Crippen molar-refractivity contribution < 1.29 is 4.79 Å². The molecule has 2 aromatic rings. The Bertz CT molecular complexity index is 708. The molecule has 2 aliphatic rings. The largest absolute Gasteiger partial charge is 0.371 e. The molecule has 0 radical (unpaired) electrons. The molecule has 5 nitrogen and oxygen atoms in total.